The Kier molecular flexibility index (Phi) is 4.95. The van der Waals surface area contributed by atoms with Gasteiger partial charge in [-0.3, -0.25) is 10.2 Å². The third-order valence-corrected chi connectivity index (χ3v) is 1.77. The van der Waals surface area contributed by atoms with Gasteiger partial charge in [0, 0.05) is 11.5 Å². The number of ether oxygens (including phenoxy) is 1. The Hall–Kier alpha value is -2.48. The predicted molar refractivity (Wildman–Crippen MR) is 70.8 cm³/mol. The van der Waals surface area contributed by atoms with Crippen LogP contribution in [-0.2, 0) is 9.53 Å². The third kappa shape index (κ3) is 6.74. The van der Waals surface area contributed by atoms with Gasteiger partial charge in [0.25, 0.3) is 0 Å². The highest BCUT2D eigenvalue weighted by Gasteiger charge is 2.15. The van der Waals surface area contributed by atoms with Crippen molar-refractivity contribution in [1.82, 2.24) is 10.9 Å². The van der Waals surface area contributed by atoms with E-state index in [0.717, 1.165) is 5.56 Å². The van der Waals surface area contributed by atoms with Gasteiger partial charge >= 0.3 is 12.0 Å². The van der Waals surface area contributed by atoms with E-state index in [9.17, 15) is 9.59 Å². The standard InChI is InChI=1S/C14H16N2O3/c1-14(2,3)19-13(18)16-15-12(17)10-9-11-7-5-4-6-8-11/h4-8H,1-3H3,(H,15,17)(H,16,18). The van der Waals surface area contributed by atoms with E-state index in [-0.39, 0.29) is 0 Å². The van der Waals surface area contributed by atoms with Gasteiger partial charge in [0.15, 0.2) is 0 Å². The summed E-state index contributed by atoms with van der Waals surface area (Å²) in [7, 11) is 0. The van der Waals surface area contributed by atoms with E-state index < -0.39 is 17.6 Å². The van der Waals surface area contributed by atoms with Crippen LogP contribution in [-0.4, -0.2) is 17.6 Å². The van der Waals surface area contributed by atoms with Crippen LogP contribution in [0.15, 0.2) is 30.3 Å². The lowest BCUT2D eigenvalue weighted by molar-refractivity contribution is -0.116. The van der Waals surface area contributed by atoms with Crippen molar-refractivity contribution in [2.75, 3.05) is 0 Å². The van der Waals surface area contributed by atoms with Gasteiger partial charge in [0.2, 0.25) is 0 Å². The number of rotatable bonds is 0. The Morgan fingerprint density at radius 1 is 1.11 bits per heavy atom. The van der Waals surface area contributed by atoms with Crippen molar-refractivity contribution in [2.45, 2.75) is 26.4 Å². The lowest BCUT2D eigenvalue weighted by Crippen LogP contribution is -2.43. The molecule has 0 radical (unpaired) electrons. The molecule has 0 bridgehead atoms. The summed E-state index contributed by atoms with van der Waals surface area (Å²) in [4.78, 5) is 22.6. The topological polar surface area (TPSA) is 67.4 Å². The van der Waals surface area contributed by atoms with Gasteiger partial charge in [-0.15, -0.1) is 0 Å². The second-order valence-electron chi connectivity index (χ2n) is 4.70. The zero-order chi connectivity index (χ0) is 14.3. The molecule has 0 saturated carbocycles. The third-order valence-electron chi connectivity index (χ3n) is 1.77. The van der Waals surface area contributed by atoms with E-state index in [1.54, 1.807) is 32.9 Å². The summed E-state index contributed by atoms with van der Waals surface area (Å²) >= 11 is 0. The number of benzene rings is 1. The maximum Gasteiger partial charge on any atom is 0.426 e. The molecule has 19 heavy (non-hydrogen) atoms. The molecule has 0 aliphatic heterocycles. The number of hydrogen-bond acceptors (Lipinski definition) is 3. The molecule has 1 aromatic rings. The molecule has 2 amide bonds. The average molecular weight is 260 g/mol. The fourth-order valence-corrected chi connectivity index (χ4v) is 1.09. The molecule has 0 spiro atoms. The largest absolute Gasteiger partial charge is 0.443 e. The summed E-state index contributed by atoms with van der Waals surface area (Å²) < 4.78 is 4.94. The van der Waals surface area contributed by atoms with Crippen LogP contribution in [0.2, 0.25) is 0 Å². The Morgan fingerprint density at radius 2 is 1.74 bits per heavy atom. The van der Waals surface area contributed by atoms with Crippen molar-refractivity contribution in [2.24, 2.45) is 0 Å². The monoisotopic (exact) mass is 260 g/mol. The first-order valence-electron chi connectivity index (χ1n) is 5.73. The Balaban J connectivity index is 2.41. The highest BCUT2D eigenvalue weighted by Crippen LogP contribution is 2.05. The minimum Gasteiger partial charge on any atom is -0.443 e. The summed E-state index contributed by atoms with van der Waals surface area (Å²) in [5.74, 6) is 4.39. The quantitative estimate of drug-likeness (QED) is 0.550. The van der Waals surface area contributed by atoms with Crippen LogP contribution in [0.4, 0.5) is 4.79 Å². The number of hydrazine groups is 1. The predicted octanol–water partition coefficient (Wildman–Crippen LogP) is 1.59. The number of nitrogens with one attached hydrogen (secondary N) is 2. The molecule has 2 N–H and O–H groups in total. The molecular weight excluding hydrogens is 244 g/mol. The average Bonchev–Trinajstić information content (AvgIpc) is 2.33. The normalized spacial score (nSPS) is 9.84. The molecule has 0 unspecified atom stereocenters. The summed E-state index contributed by atoms with van der Waals surface area (Å²) in [6, 6.07) is 9.06. The van der Waals surface area contributed by atoms with Gasteiger partial charge in [0.05, 0.1) is 0 Å². The SMILES string of the molecule is CC(C)(C)OC(=O)NNC(=O)C#Cc1ccccc1. The molecule has 0 atom stereocenters. The first-order valence-corrected chi connectivity index (χ1v) is 5.73. The second-order valence-corrected chi connectivity index (χ2v) is 4.70. The molecule has 0 saturated heterocycles. The highest BCUT2D eigenvalue weighted by molar-refractivity contribution is 5.94. The van der Waals surface area contributed by atoms with Crippen molar-refractivity contribution in [1.29, 1.82) is 0 Å². The number of carbonyl (C=O) groups excluding carboxylic acids is 2. The fourth-order valence-electron chi connectivity index (χ4n) is 1.09. The van der Waals surface area contributed by atoms with Crippen LogP contribution in [0.1, 0.15) is 26.3 Å². The summed E-state index contributed by atoms with van der Waals surface area (Å²) in [6.45, 7) is 5.18. The van der Waals surface area contributed by atoms with Gasteiger partial charge in [-0.1, -0.05) is 24.1 Å². The summed E-state index contributed by atoms with van der Waals surface area (Å²) in [5.41, 5.74) is 4.35. The number of hydrogen-bond donors (Lipinski definition) is 2. The molecule has 5 nitrogen and oxygen atoms in total. The maximum absolute atomic E-state index is 11.3. The van der Waals surface area contributed by atoms with Gasteiger partial charge in [0.1, 0.15) is 5.60 Å². The Morgan fingerprint density at radius 3 is 2.32 bits per heavy atom. The summed E-state index contributed by atoms with van der Waals surface area (Å²) in [5, 5.41) is 0. The van der Waals surface area contributed by atoms with Gasteiger partial charge < -0.3 is 4.74 Å². The lowest BCUT2D eigenvalue weighted by Gasteiger charge is -2.19. The van der Waals surface area contributed by atoms with Crippen molar-refractivity contribution in [3.05, 3.63) is 35.9 Å². The second kappa shape index (κ2) is 6.45. The molecule has 0 aliphatic carbocycles. The van der Waals surface area contributed by atoms with E-state index in [0.29, 0.717) is 0 Å². The minimum atomic E-state index is -0.734. The van der Waals surface area contributed by atoms with E-state index in [1.165, 1.54) is 0 Å². The van der Waals surface area contributed by atoms with Gasteiger partial charge in [-0.25, -0.2) is 10.2 Å². The van der Waals surface area contributed by atoms with Crippen molar-refractivity contribution >= 4 is 12.0 Å². The number of carbonyl (C=O) groups is 2. The number of amides is 2. The van der Waals surface area contributed by atoms with Crippen LogP contribution in [0.5, 0.6) is 0 Å². The molecule has 100 valence electrons. The van der Waals surface area contributed by atoms with Crippen LogP contribution < -0.4 is 10.9 Å². The van der Waals surface area contributed by atoms with Crippen LogP contribution in [0.3, 0.4) is 0 Å². The van der Waals surface area contributed by atoms with Gasteiger partial charge in [-0.2, -0.15) is 0 Å². The molecule has 1 aromatic carbocycles. The molecule has 5 heteroatoms. The van der Waals surface area contributed by atoms with Crippen LogP contribution in [0, 0.1) is 11.8 Å². The van der Waals surface area contributed by atoms with E-state index in [1.807, 2.05) is 18.2 Å². The molecule has 0 fully saturated rings. The molecule has 0 aromatic heterocycles. The van der Waals surface area contributed by atoms with Crippen molar-refractivity contribution in [3.63, 3.8) is 0 Å². The minimum absolute atomic E-state index is 0.616. The smallest absolute Gasteiger partial charge is 0.426 e. The molecule has 0 aliphatic rings. The maximum atomic E-state index is 11.3. The molecular formula is C14H16N2O3. The Bertz CT molecular complexity index is 507. The fraction of sp³-hybridized carbons (Fsp3) is 0.286. The van der Waals surface area contributed by atoms with Crippen molar-refractivity contribution in [3.8, 4) is 11.8 Å². The van der Waals surface area contributed by atoms with Crippen LogP contribution >= 0.6 is 0 Å². The zero-order valence-electron chi connectivity index (χ0n) is 11.1. The first kappa shape index (κ1) is 14.6. The lowest BCUT2D eigenvalue weighted by atomic mass is 10.2. The molecule has 1 rings (SSSR count). The Labute approximate surface area is 112 Å². The van der Waals surface area contributed by atoms with E-state index in [2.05, 4.69) is 22.7 Å². The zero-order valence-corrected chi connectivity index (χ0v) is 11.1. The van der Waals surface area contributed by atoms with Crippen LogP contribution in [0.25, 0.3) is 0 Å². The first-order chi connectivity index (χ1) is 8.87. The van der Waals surface area contributed by atoms with Crippen molar-refractivity contribution < 1.29 is 14.3 Å². The molecule has 0 heterocycles. The van der Waals surface area contributed by atoms with E-state index in [4.69, 9.17) is 4.74 Å². The summed E-state index contributed by atoms with van der Waals surface area (Å²) in [6.07, 6.45) is -0.734. The highest BCUT2D eigenvalue weighted by atomic mass is 16.6. The van der Waals surface area contributed by atoms with Gasteiger partial charge in [-0.05, 0) is 32.9 Å². The van der Waals surface area contributed by atoms with E-state index >= 15 is 0 Å².